The lowest BCUT2D eigenvalue weighted by Crippen LogP contribution is -2.40. The van der Waals surface area contributed by atoms with Crippen molar-refractivity contribution in [1.82, 2.24) is 4.57 Å². The Kier molecular flexibility index (Phi) is 8.27. The normalized spacial score (nSPS) is 15.0. The van der Waals surface area contributed by atoms with Crippen LogP contribution in [0.2, 0.25) is 0 Å². The van der Waals surface area contributed by atoms with Gasteiger partial charge in [-0.25, -0.2) is 9.79 Å². The molecule has 3 aromatic rings. The van der Waals surface area contributed by atoms with E-state index in [9.17, 15) is 9.59 Å². The summed E-state index contributed by atoms with van der Waals surface area (Å²) in [6, 6.07) is 8.13. The fourth-order valence-corrected chi connectivity index (χ4v) is 5.97. The van der Waals surface area contributed by atoms with Crippen LogP contribution in [0.1, 0.15) is 31.0 Å². The van der Waals surface area contributed by atoms with Crippen LogP contribution < -0.4 is 33.8 Å². The lowest BCUT2D eigenvalue weighted by atomic mass is 9.95. The van der Waals surface area contributed by atoms with E-state index in [4.69, 9.17) is 23.7 Å². The fraction of sp³-hybridized carbons (Fsp3) is 0.296. The van der Waals surface area contributed by atoms with E-state index in [1.807, 2.05) is 6.07 Å². The number of carbonyl (C=O) groups excluding carboxylic acids is 1. The van der Waals surface area contributed by atoms with Gasteiger partial charge in [-0.05, 0) is 71.2 Å². The molecule has 200 valence electrons. The highest BCUT2D eigenvalue weighted by atomic mass is 79.9. The predicted molar refractivity (Wildman–Crippen MR) is 147 cm³/mol. The number of nitrogens with zero attached hydrogens (tertiary/aromatic N) is 2. The highest BCUT2D eigenvalue weighted by Gasteiger charge is 2.34. The van der Waals surface area contributed by atoms with E-state index >= 15 is 0 Å². The average Bonchev–Trinajstić information content (AvgIpc) is 3.21. The number of thiazole rings is 1. The molecule has 4 rings (SSSR count). The van der Waals surface area contributed by atoms with Crippen molar-refractivity contribution >= 4 is 39.3 Å². The summed E-state index contributed by atoms with van der Waals surface area (Å²) in [6.45, 7) is 3.66. The van der Waals surface area contributed by atoms with Crippen molar-refractivity contribution in [2.45, 2.75) is 19.9 Å². The SMILES string of the molecule is CCOC(=O)C1=C(C)N=c2s/c(=C/c3cc(Br)c(OC)c(OC)c3)c(=O)n2[C@@H]1c1ccc(OC)c(OC)c1. The fourth-order valence-electron chi connectivity index (χ4n) is 4.30. The Morgan fingerprint density at radius 1 is 1.05 bits per heavy atom. The summed E-state index contributed by atoms with van der Waals surface area (Å²) in [7, 11) is 6.17. The second-order valence-corrected chi connectivity index (χ2v) is 10.0. The summed E-state index contributed by atoms with van der Waals surface area (Å²) < 4.78 is 29.7. The Hall–Kier alpha value is -3.57. The summed E-state index contributed by atoms with van der Waals surface area (Å²) in [4.78, 5) is 32.0. The number of fused-ring (bicyclic) bond motifs is 1. The van der Waals surface area contributed by atoms with Crippen molar-refractivity contribution in [3.63, 3.8) is 0 Å². The molecule has 0 N–H and O–H groups in total. The molecule has 11 heteroatoms. The van der Waals surface area contributed by atoms with Gasteiger partial charge in [0, 0.05) is 0 Å². The molecule has 0 amide bonds. The van der Waals surface area contributed by atoms with Crippen LogP contribution in [0.4, 0.5) is 0 Å². The van der Waals surface area contributed by atoms with Gasteiger partial charge in [-0.3, -0.25) is 9.36 Å². The third kappa shape index (κ3) is 4.95. The van der Waals surface area contributed by atoms with Gasteiger partial charge in [0.15, 0.2) is 27.8 Å². The number of esters is 1. The van der Waals surface area contributed by atoms with Gasteiger partial charge in [0.05, 0.1) is 61.4 Å². The van der Waals surface area contributed by atoms with Crippen molar-refractivity contribution in [3.8, 4) is 23.0 Å². The van der Waals surface area contributed by atoms with Crippen LogP contribution in [0.25, 0.3) is 6.08 Å². The molecule has 1 aliphatic rings. The molecule has 38 heavy (non-hydrogen) atoms. The number of hydrogen-bond donors (Lipinski definition) is 0. The molecule has 0 aliphatic carbocycles. The first-order valence-electron chi connectivity index (χ1n) is 11.6. The lowest BCUT2D eigenvalue weighted by molar-refractivity contribution is -0.139. The minimum absolute atomic E-state index is 0.187. The molecule has 2 aromatic carbocycles. The molecule has 0 spiro atoms. The number of carbonyl (C=O) groups is 1. The molecule has 1 aliphatic heterocycles. The molecule has 0 bridgehead atoms. The maximum atomic E-state index is 13.9. The van der Waals surface area contributed by atoms with Gasteiger partial charge in [0.25, 0.3) is 5.56 Å². The first-order valence-corrected chi connectivity index (χ1v) is 13.2. The monoisotopic (exact) mass is 602 g/mol. The number of ether oxygens (including phenoxy) is 5. The highest BCUT2D eigenvalue weighted by Crippen LogP contribution is 2.37. The maximum Gasteiger partial charge on any atom is 0.338 e. The zero-order valence-electron chi connectivity index (χ0n) is 21.8. The Bertz CT molecular complexity index is 1610. The molecule has 9 nitrogen and oxygen atoms in total. The standard InChI is InChI=1S/C27H27BrN2O7S/c1-7-37-26(32)22-14(2)29-27-30(23(22)16-8-9-18(33-3)19(13-16)34-4)25(31)21(38-27)12-15-10-17(28)24(36-6)20(11-15)35-5/h8-13,23H,7H2,1-6H3/b21-12+/t23-/m1/s1. The van der Waals surface area contributed by atoms with Gasteiger partial charge in [-0.2, -0.15) is 0 Å². The second-order valence-electron chi connectivity index (χ2n) is 8.15. The van der Waals surface area contributed by atoms with Crippen molar-refractivity contribution in [1.29, 1.82) is 0 Å². The minimum Gasteiger partial charge on any atom is -0.493 e. The number of hydrogen-bond acceptors (Lipinski definition) is 9. The van der Waals surface area contributed by atoms with Crippen molar-refractivity contribution < 1.29 is 28.5 Å². The van der Waals surface area contributed by atoms with Crippen molar-refractivity contribution in [3.05, 3.63) is 76.9 Å². The van der Waals surface area contributed by atoms with E-state index in [0.29, 0.717) is 48.1 Å². The maximum absolute atomic E-state index is 13.9. The van der Waals surface area contributed by atoms with E-state index in [0.717, 1.165) is 5.56 Å². The summed E-state index contributed by atoms with van der Waals surface area (Å²) >= 11 is 4.73. The zero-order chi connectivity index (χ0) is 27.6. The smallest absolute Gasteiger partial charge is 0.338 e. The summed E-state index contributed by atoms with van der Waals surface area (Å²) in [5.74, 6) is 1.53. The topological polar surface area (TPSA) is 97.6 Å². The average molecular weight is 603 g/mol. The van der Waals surface area contributed by atoms with Crippen LogP contribution in [0.5, 0.6) is 23.0 Å². The molecule has 0 fully saturated rings. The number of rotatable bonds is 8. The van der Waals surface area contributed by atoms with Crippen molar-refractivity contribution in [2.24, 2.45) is 4.99 Å². The van der Waals surface area contributed by atoms with E-state index in [2.05, 4.69) is 20.9 Å². The van der Waals surface area contributed by atoms with Gasteiger partial charge < -0.3 is 23.7 Å². The largest absolute Gasteiger partial charge is 0.493 e. The first kappa shape index (κ1) is 27.5. The Morgan fingerprint density at radius 3 is 2.39 bits per heavy atom. The second kappa shape index (κ2) is 11.4. The van der Waals surface area contributed by atoms with E-state index in [1.54, 1.807) is 65.5 Å². The van der Waals surface area contributed by atoms with Crippen LogP contribution in [0.3, 0.4) is 0 Å². The molecule has 2 heterocycles. The highest BCUT2D eigenvalue weighted by molar-refractivity contribution is 9.10. The Morgan fingerprint density at radius 2 is 1.76 bits per heavy atom. The predicted octanol–water partition coefficient (Wildman–Crippen LogP) is 3.60. The van der Waals surface area contributed by atoms with Crippen LogP contribution in [0, 0.1) is 0 Å². The lowest BCUT2D eigenvalue weighted by Gasteiger charge is -2.25. The van der Waals surface area contributed by atoms with Crippen LogP contribution >= 0.6 is 27.3 Å². The van der Waals surface area contributed by atoms with Gasteiger partial charge >= 0.3 is 5.97 Å². The molecule has 1 atom stereocenters. The Labute approximate surface area is 231 Å². The molecule has 0 unspecified atom stereocenters. The first-order chi connectivity index (χ1) is 18.3. The van der Waals surface area contributed by atoms with Crippen LogP contribution in [-0.2, 0) is 9.53 Å². The molecular weight excluding hydrogens is 576 g/mol. The molecule has 0 saturated carbocycles. The third-order valence-corrected chi connectivity index (χ3v) is 7.57. The molecule has 0 saturated heterocycles. The van der Waals surface area contributed by atoms with Crippen molar-refractivity contribution in [2.75, 3.05) is 35.0 Å². The van der Waals surface area contributed by atoms with Gasteiger partial charge in [0.1, 0.15) is 0 Å². The number of halogens is 1. The number of allylic oxidation sites excluding steroid dienone is 1. The number of methoxy groups -OCH3 is 4. The summed E-state index contributed by atoms with van der Waals surface area (Å²) in [5, 5.41) is 0. The number of aromatic nitrogens is 1. The van der Waals surface area contributed by atoms with Crippen LogP contribution in [0.15, 0.2) is 55.9 Å². The van der Waals surface area contributed by atoms with Gasteiger partial charge in [-0.15, -0.1) is 0 Å². The Balaban J connectivity index is 1.96. The summed E-state index contributed by atoms with van der Waals surface area (Å²) in [6.07, 6.45) is 1.76. The molecule has 1 aromatic heterocycles. The summed E-state index contributed by atoms with van der Waals surface area (Å²) in [5.41, 5.74) is 1.84. The van der Waals surface area contributed by atoms with Gasteiger partial charge in [-0.1, -0.05) is 17.4 Å². The van der Waals surface area contributed by atoms with E-state index in [1.165, 1.54) is 23.0 Å². The minimum atomic E-state index is -0.774. The van der Waals surface area contributed by atoms with Gasteiger partial charge in [0.2, 0.25) is 0 Å². The zero-order valence-corrected chi connectivity index (χ0v) is 24.2. The molecule has 0 radical (unpaired) electrons. The number of benzene rings is 2. The van der Waals surface area contributed by atoms with E-state index < -0.39 is 12.0 Å². The van der Waals surface area contributed by atoms with Crippen LogP contribution in [-0.4, -0.2) is 45.6 Å². The third-order valence-electron chi connectivity index (χ3n) is 5.99. The molecular formula is C27H27BrN2O7S. The van der Waals surface area contributed by atoms with E-state index in [-0.39, 0.29) is 17.7 Å². The quantitative estimate of drug-likeness (QED) is 0.363.